The summed E-state index contributed by atoms with van der Waals surface area (Å²) in [6.45, 7) is 1.87. The third-order valence-electron chi connectivity index (χ3n) is 4.58. The van der Waals surface area contributed by atoms with E-state index in [2.05, 4.69) is 20.4 Å². The smallest absolute Gasteiger partial charge is 0.248 e. The summed E-state index contributed by atoms with van der Waals surface area (Å²) in [7, 11) is 0. The average Bonchev–Trinajstić information content (AvgIpc) is 3.21. The molecule has 0 aliphatic heterocycles. The standard InChI is InChI=1S/C17H17F2N5OS/c1-10-2-3-12-21-14(13(24(12)23-10)16-20-8-9-26-16)22-15(25)11-4-6-17(18,19)7-5-11/h2-3,8-9,11H,4-7H2,1H3,(H,22,25). The molecule has 3 aromatic heterocycles. The lowest BCUT2D eigenvalue weighted by molar-refractivity contribution is -0.124. The molecular formula is C17H17F2N5OS. The monoisotopic (exact) mass is 377 g/mol. The van der Waals surface area contributed by atoms with Gasteiger partial charge in [0.1, 0.15) is 10.7 Å². The van der Waals surface area contributed by atoms with E-state index in [0.29, 0.717) is 22.2 Å². The number of aromatic nitrogens is 4. The molecule has 0 radical (unpaired) electrons. The van der Waals surface area contributed by atoms with Crippen LogP contribution in [0, 0.1) is 12.8 Å². The lowest BCUT2D eigenvalue weighted by Crippen LogP contribution is -2.32. The molecule has 1 amide bonds. The fourth-order valence-electron chi connectivity index (χ4n) is 3.17. The Balaban J connectivity index is 1.66. The van der Waals surface area contributed by atoms with E-state index in [-0.39, 0.29) is 31.6 Å². The van der Waals surface area contributed by atoms with Gasteiger partial charge in [-0.3, -0.25) is 4.79 Å². The van der Waals surface area contributed by atoms with E-state index in [1.165, 1.54) is 11.3 Å². The van der Waals surface area contributed by atoms with Crippen LogP contribution < -0.4 is 5.32 Å². The van der Waals surface area contributed by atoms with Crippen molar-refractivity contribution in [2.75, 3.05) is 5.32 Å². The van der Waals surface area contributed by atoms with Crippen molar-refractivity contribution in [3.05, 3.63) is 29.4 Å². The summed E-state index contributed by atoms with van der Waals surface area (Å²) in [5.41, 5.74) is 2.00. The number of nitrogens with zero attached hydrogens (tertiary/aromatic N) is 4. The number of thiazole rings is 1. The molecule has 0 unspecified atom stereocenters. The lowest BCUT2D eigenvalue weighted by atomic mass is 9.86. The second-order valence-corrected chi connectivity index (χ2v) is 7.41. The molecule has 1 aliphatic carbocycles. The number of alkyl halides is 2. The molecule has 0 saturated heterocycles. The highest BCUT2D eigenvalue weighted by Gasteiger charge is 2.37. The van der Waals surface area contributed by atoms with Crippen LogP contribution in [-0.2, 0) is 4.79 Å². The van der Waals surface area contributed by atoms with Crippen molar-refractivity contribution >= 4 is 28.7 Å². The zero-order valence-corrected chi connectivity index (χ0v) is 14.9. The van der Waals surface area contributed by atoms with Crippen LogP contribution in [0.1, 0.15) is 31.4 Å². The van der Waals surface area contributed by atoms with Gasteiger partial charge < -0.3 is 5.32 Å². The van der Waals surface area contributed by atoms with Crippen molar-refractivity contribution in [3.63, 3.8) is 0 Å². The van der Waals surface area contributed by atoms with Crippen LogP contribution in [0.3, 0.4) is 0 Å². The number of imidazole rings is 1. The van der Waals surface area contributed by atoms with Crippen molar-refractivity contribution in [2.24, 2.45) is 5.92 Å². The molecule has 0 spiro atoms. The Labute approximate surface area is 152 Å². The average molecular weight is 377 g/mol. The number of amides is 1. The Morgan fingerprint density at radius 2 is 2.12 bits per heavy atom. The van der Waals surface area contributed by atoms with Gasteiger partial charge in [-0.1, -0.05) is 0 Å². The third-order valence-corrected chi connectivity index (χ3v) is 5.36. The Bertz CT molecular complexity index is 944. The first-order valence-corrected chi connectivity index (χ1v) is 9.26. The summed E-state index contributed by atoms with van der Waals surface area (Å²) in [4.78, 5) is 21.4. The van der Waals surface area contributed by atoms with Crippen molar-refractivity contribution < 1.29 is 13.6 Å². The summed E-state index contributed by atoms with van der Waals surface area (Å²) < 4.78 is 28.3. The van der Waals surface area contributed by atoms with E-state index in [1.807, 2.05) is 24.4 Å². The molecule has 3 aromatic rings. The molecule has 6 nitrogen and oxygen atoms in total. The van der Waals surface area contributed by atoms with Crippen molar-refractivity contribution in [3.8, 4) is 10.7 Å². The molecule has 0 atom stereocenters. The number of rotatable bonds is 3. The molecular weight excluding hydrogens is 360 g/mol. The number of nitrogens with one attached hydrogen (secondary N) is 1. The number of carbonyl (C=O) groups excluding carboxylic acids is 1. The van der Waals surface area contributed by atoms with Crippen molar-refractivity contribution in [1.82, 2.24) is 19.6 Å². The molecule has 9 heteroatoms. The molecule has 1 N–H and O–H groups in total. The van der Waals surface area contributed by atoms with E-state index in [9.17, 15) is 13.6 Å². The molecule has 1 fully saturated rings. The van der Waals surface area contributed by atoms with Gasteiger partial charge in [-0.25, -0.2) is 23.3 Å². The summed E-state index contributed by atoms with van der Waals surface area (Å²) in [6, 6.07) is 3.65. The lowest BCUT2D eigenvalue weighted by Gasteiger charge is -2.27. The summed E-state index contributed by atoms with van der Waals surface area (Å²) in [6.07, 6.45) is 1.52. The molecule has 0 aromatic carbocycles. The quantitative estimate of drug-likeness (QED) is 0.751. The van der Waals surface area contributed by atoms with E-state index in [4.69, 9.17) is 0 Å². The largest absolute Gasteiger partial charge is 0.308 e. The van der Waals surface area contributed by atoms with Gasteiger partial charge in [0.25, 0.3) is 0 Å². The first kappa shape index (κ1) is 17.0. The molecule has 26 heavy (non-hydrogen) atoms. The highest BCUT2D eigenvalue weighted by Crippen LogP contribution is 2.37. The Morgan fingerprint density at radius 1 is 1.35 bits per heavy atom. The zero-order valence-electron chi connectivity index (χ0n) is 14.1. The van der Waals surface area contributed by atoms with Gasteiger partial charge in [0, 0.05) is 30.3 Å². The molecule has 1 aliphatic rings. The molecule has 4 rings (SSSR count). The molecule has 0 bridgehead atoms. The SMILES string of the molecule is Cc1ccc2nc(NC(=O)C3CCC(F)(F)CC3)c(-c3nccs3)n2n1. The van der Waals surface area contributed by atoms with Gasteiger partial charge in [-0.05, 0) is 31.9 Å². The Kier molecular flexibility index (Phi) is 4.18. The fraction of sp³-hybridized carbons (Fsp3) is 0.412. The molecule has 1 saturated carbocycles. The van der Waals surface area contributed by atoms with Gasteiger partial charge >= 0.3 is 0 Å². The second-order valence-electron chi connectivity index (χ2n) is 6.51. The number of aryl methyl sites for hydroxylation is 1. The maximum absolute atomic E-state index is 13.3. The summed E-state index contributed by atoms with van der Waals surface area (Å²) >= 11 is 1.42. The van der Waals surface area contributed by atoms with Gasteiger partial charge in [-0.2, -0.15) is 5.10 Å². The number of hydrogen-bond acceptors (Lipinski definition) is 5. The number of halogens is 2. The van der Waals surface area contributed by atoms with Crippen LogP contribution in [0.15, 0.2) is 23.7 Å². The van der Waals surface area contributed by atoms with Crippen LogP contribution in [0.5, 0.6) is 0 Å². The number of hydrogen-bond donors (Lipinski definition) is 1. The number of carbonyl (C=O) groups is 1. The van der Waals surface area contributed by atoms with Crippen LogP contribution in [-0.4, -0.2) is 31.4 Å². The van der Waals surface area contributed by atoms with Gasteiger partial charge in [-0.15, -0.1) is 11.3 Å². The van der Waals surface area contributed by atoms with Crippen LogP contribution >= 0.6 is 11.3 Å². The van der Waals surface area contributed by atoms with E-state index < -0.39 is 11.8 Å². The number of fused-ring (bicyclic) bond motifs is 1. The van der Waals surface area contributed by atoms with E-state index in [0.717, 1.165) is 5.69 Å². The summed E-state index contributed by atoms with van der Waals surface area (Å²) in [5.74, 6) is -3.01. The minimum atomic E-state index is -2.66. The Hall–Kier alpha value is -2.42. The third kappa shape index (κ3) is 3.18. The van der Waals surface area contributed by atoms with E-state index >= 15 is 0 Å². The Morgan fingerprint density at radius 3 is 2.81 bits per heavy atom. The van der Waals surface area contributed by atoms with Gasteiger partial charge in [0.15, 0.2) is 11.5 Å². The fourth-order valence-corrected chi connectivity index (χ4v) is 3.83. The zero-order chi connectivity index (χ0) is 18.3. The van der Waals surface area contributed by atoms with Crippen molar-refractivity contribution in [2.45, 2.75) is 38.5 Å². The van der Waals surface area contributed by atoms with E-state index in [1.54, 1.807) is 10.7 Å². The maximum atomic E-state index is 13.3. The molecule has 3 heterocycles. The maximum Gasteiger partial charge on any atom is 0.248 e. The highest BCUT2D eigenvalue weighted by atomic mass is 32.1. The number of anilines is 1. The normalized spacial score (nSPS) is 17.5. The first-order valence-electron chi connectivity index (χ1n) is 8.38. The minimum absolute atomic E-state index is 0.177. The van der Waals surface area contributed by atoms with Crippen LogP contribution in [0.4, 0.5) is 14.6 Å². The van der Waals surface area contributed by atoms with Crippen LogP contribution in [0.25, 0.3) is 16.3 Å². The topological polar surface area (TPSA) is 72.2 Å². The summed E-state index contributed by atoms with van der Waals surface area (Å²) in [5, 5.41) is 9.79. The highest BCUT2D eigenvalue weighted by molar-refractivity contribution is 7.13. The second kappa shape index (κ2) is 6.39. The van der Waals surface area contributed by atoms with Crippen LogP contribution in [0.2, 0.25) is 0 Å². The van der Waals surface area contributed by atoms with Gasteiger partial charge in [0.05, 0.1) is 5.69 Å². The molecule has 136 valence electrons. The first-order chi connectivity index (χ1) is 12.4. The van der Waals surface area contributed by atoms with Gasteiger partial charge in [0.2, 0.25) is 11.8 Å². The van der Waals surface area contributed by atoms with Crippen molar-refractivity contribution in [1.29, 1.82) is 0 Å². The minimum Gasteiger partial charge on any atom is -0.308 e. The predicted molar refractivity (Wildman–Crippen MR) is 94.4 cm³/mol. The predicted octanol–water partition coefficient (Wildman–Crippen LogP) is 3.93.